The molecule has 0 saturated heterocycles. The van der Waals surface area contributed by atoms with Gasteiger partial charge in [-0.15, -0.1) is 0 Å². The second-order valence-electron chi connectivity index (χ2n) is 4.99. The van der Waals surface area contributed by atoms with E-state index in [9.17, 15) is 0 Å². The number of nitrogens with one attached hydrogen (secondary N) is 1. The van der Waals surface area contributed by atoms with Crippen molar-refractivity contribution in [2.75, 3.05) is 21.3 Å². The molecular weight excluding hydrogens is 266 g/mol. The Kier molecular flexibility index (Phi) is 3.71. The second kappa shape index (κ2) is 5.66. The fraction of sp³-hybridized carbons (Fsp3) is 0.294. The summed E-state index contributed by atoms with van der Waals surface area (Å²) in [5.74, 6) is 2.40. The lowest BCUT2D eigenvalue weighted by Crippen LogP contribution is -2.13. The van der Waals surface area contributed by atoms with Gasteiger partial charge in [-0.3, -0.25) is 0 Å². The second-order valence-corrected chi connectivity index (χ2v) is 4.99. The zero-order chi connectivity index (χ0) is 14.8. The van der Waals surface area contributed by atoms with Gasteiger partial charge in [-0.05, 0) is 41.0 Å². The molecule has 4 heteroatoms. The van der Waals surface area contributed by atoms with Crippen molar-refractivity contribution < 1.29 is 14.2 Å². The summed E-state index contributed by atoms with van der Waals surface area (Å²) in [5.41, 5.74) is 3.69. The molecule has 1 atom stereocenters. The van der Waals surface area contributed by atoms with E-state index in [1.165, 1.54) is 16.7 Å². The molecule has 0 spiro atoms. The van der Waals surface area contributed by atoms with Gasteiger partial charge in [-0.1, -0.05) is 12.1 Å². The van der Waals surface area contributed by atoms with Crippen LogP contribution in [0.25, 0.3) is 0 Å². The highest BCUT2D eigenvalue weighted by molar-refractivity contribution is 5.52. The Morgan fingerprint density at radius 2 is 1.57 bits per heavy atom. The summed E-state index contributed by atoms with van der Waals surface area (Å²) in [6, 6.07) is 12.4. The number of methoxy groups -OCH3 is 3. The maximum absolute atomic E-state index is 5.41. The molecule has 0 aliphatic carbocycles. The van der Waals surface area contributed by atoms with Crippen molar-refractivity contribution in [1.29, 1.82) is 0 Å². The van der Waals surface area contributed by atoms with E-state index in [4.69, 9.17) is 14.2 Å². The number of hydrogen-bond acceptors (Lipinski definition) is 4. The molecule has 0 bridgehead atoms. The molecule has 1 unspecified atom stereocenters. The van der Waals surface area contributed by atoms with Crippen molar-refractivity contribution in [1.82, 2.24) is 5.32 Å². The van der Waals surface area contributed by atoms with Gasteiger partial charge in [0.2, 0.25) is 0 Å². The Morgan fingerprint density at radius 1 is 0.905 bits per heavy atom. The first-order valence-electron chi connectivity index (χ1n) is 6.89. The fourth-order valence-corrected chi connectivity index (χ4v) is 2.77. The van der Waals surface area contributed by atoms with E-state index in [1.54, 1.807) is 21.3 Å². The van der Waals surface area contributed by atoms with Gasteiger partial charge in [0, 0.05) is 6.54 Å². The number of rotatable bonds is 4. The first-order valence-corrected chi connectivity index (χ1v) is 6.89. The van der Waals surface area contributed by atoms with E-state index in [-0.39, 0.29) is 6.04 Å². The number of ether oxygens (including phenoxy) is 3. The average Bonchev–Trinajstić information content (AvgIpc) is 2.96. The lowest BCUT2D eigenvalue weighted by atomic mass is 9.98. The fourth-order valence-electron chi connectivity index (χ4n) is 2.77. The molecular formula is C17H19NO3. The highest BCUT2D eigenvalue weighted by Crippen LogP contribution is 2.38. The van der Waals surface area contributed by atoms with E-state index in [0.717, 1.165) is 23.8 Å². The molecule has 0 saturated carbocycles. The van der Waals surface area contributed by atoms with Crippen LogP contribution in [-0.2, 0) is 6.54 Å². The Bertz CT molecular complexity index is 637. The molecule has 110 valence electrons. The van der Waals surface area contributed by atoms with Crippen LogP contribution in [0.1, 0.15) is 22.7 Å². The molecule has 21 heavy (non-hydrogen) atoms. The molecule has 3 rings (SSSR count). The van der Waals surface area contributed by atoms with Gasteiger partial charge in [0.15, 0.2) is 11.5 Å². The molecule has 1 aliphatic rings. The summed E-state index contributed by atoms with van der Waals surface area (Å²) in [7, 11) is 5.00. The minimum Gasteiger partial charge on any atom is -0.497 e. The van der Waals surface area contributed by atoms with Gasteiger partial charge >= 0.3 is 0 Å². The van der Waals surface area contributed by atoms with Crippen molar-refractivity contribution in [3.63, 3.8) is 0 Å². The van der Waals surface area contributed by atoms with Crippen molar-refractivity contribution in [3.05, 3.63) is 53.1 Å². The first-order chi connectivity index (χ1) is 10.3. The van der Waals surface area contributed by atoms with Crippen LogP contribution in [0.5, 0.6) is 17.2 Å². The van der Waals surface area contributed by atoms with Gasteiger partial charge < -0.3 is 19.5 Å². The van der Waals surface area contributed by atoms with Crippen LogP contribution < -0.4 is 19.5 Å². The van der Waals surface area contributed by atoms with E-state index in [0.29, 0.717) is 0 Å². The molecule has 2 aromatic rings. The average molecular weight is 285 g/mol. The third kappa shape index (κ3) is 2.43. The Morgan fingerprint density at radius 3 is 2.19 bits per heavy atom. The largest absolute Gasteiger partial charge is 0.497 e. The van der Waals surface area contributed by atoms with Crippen LogP contribution in [0.15, 0.2) is 36.4 Å². The van der Waals surface area contributed by atoms with E-state index >= 15 is 0 Å². The monoisotopic (exact) mass is 285 g/mol. The van der Waals surface area contributed by atoms with E-state index in [2.05, 4.69) is 23.5 Å². The lowest BCUT2D eigenvalue weighted by molar-refractivity contribution is 0.354. The highest BCUT2D eigenvalue weighted by atomic mass is 16.5. The van der Waals surface area contributed by atoms with Crippen LogP contribution in [0.2, 0.25) is 0 Å². The Labute approximate surface area is 124 Å². The third-order valence-corrected chi connectivity index (χ3v) is 3.90. The molecule has 1 aliphatic heterocycles. The standard InChI is InChI=1S/C17H19NO3/c1-19-13-6-4-11(5-7-13)17-14-9-16(21-3)15(20-2)8-12(14)10-18-17/h4-9,17-18H,10H2,1-3H3. The zero-order valence-corrected chi connectivity index (χ0v) is 12.5. The zero-order valence-electron chi connectivity index (χ0n) is 12.5. The van der Waals surface area contributed by atoms with Crippen LogP contribution in [0.3, 0.4) is 0 Å². The van der Waals surface area contributed by atoms with E-state index in [1.807, 2.05) is 18.2 Å². The molecule has 0 radical (unpaired) electrons. The maximum Gasteiger partial charge on any atom is 0.161 e. The summed E-state index contributed by atoms with van der Waals surface area (Å²) in [6.45, 7) is 0.826. The molecule has 2 aromatic carbocycles. The smallest absolute Gasteiger partial charge is 0.161 e. The summed E-state index contributed by atoms with van der Waals surface area (Å²) in [6.07, 6.45) is 0. The Balaban J connectivity index is 1.98. The number of hydrogen-bond donors (Lipinski definition) is 1. The minimum atomic E-state index is 0.172. The maximum atomic E-state index is 5.41. The van der Waals surface area contributed by atoms with Crippen LogP contribution in [0, 0.1) is 0 Å². The summed E-state index contributed by atoms with van der Waals surface area (Å²) < 4.78 is 16.0. The number of fused-ring (bicyclic) bond motifs is 1. The number of benzene rings is 2. The van der Waals surface area contributed by atoms with Crippen molar-refractivity contribution in [2.24, 2.45) is 0 Å². The predicted octanol–water partition coefficient (Wildman–Crippen LogP) is 2.91. The van der Waals surface area contributed by atoms with Gasteiger partial charge in [0.25, 0.3) is 0 Å². The molecule has 0 amide bonds. The first kappa shape index (κ1) is 13.8. The quantitative estimate of drug-likeness (QED) is 0.937. The normalized spacial score (nSPS) is 16.4. The molecule has 1 heterocycles. The molecule has 0 aromatic heterocycles. The van der Waals surface area contributed by atoms with Crippen molar-refractivity contribution in [2.45, 2.75) is 12.6 Å². The molecule has 4 nitrogen and oxygen atoms in total. The molecule has 1 N–H and O–H groups in total. The van der Waals surface area contributed by atoms with Crippen molar-refractivity contribution >= 4 is 0 Å². The molecule has 0 fully saturated rings. The van der Waals surface area contributed by atoms with Crippen molar-refractivity contribution in [3.8, 4) is 17.2 Å². The van der Waals surface area contributed by atoms with Crippen LogP contribution in [-0.4, -0.2) is 21.3 Å². The topological polar surface area (TPSA) is 39.7 Å². The summed E-state index contributed by atoms with van der Waals surface area (Å²) in [4.78, 5) is 0. The van der Waals surface area contributed by atoms with E-state index < -0.39 is 0 Å². The SMILES string of the molecule is COc1ccc(C2NCc3cc(OC)c(OC)cc32)cc1. The summed E-state index contributed by atoms with van der Waals surface area (Å²) in [5, 5.41) is 3.53. The highest BCUT2D eigenvalue weighted by Gasteiger charge is 2.25. The third-order valence-electron chi connectivity index (χ3n) is 3.90. The van der Waals surface area contributed by atoms with Gasteiger partial charge in [0.05, 0.1) is 27.4 Å². The minimum absolute atomic E-state index is 0.172. The predicted molar refractivity (Wildman–Crippen MR) is 81.2 cm³/mol. The van der Waals surface area contributed by atoms with Gasteiger partial charge in [-0.2, -0.15) is 0 Å². The van der Waals surface area contributed by atoms with Gasteiger partial charge in [-0.25, -0.2) is 0 Å². The summed E-state index contributed by atoms with van der Waals surface area (Å²) >= 11 is 0. The van der Waals surface area contributed by atoms with Gasteiger partial charge in [0.1, 0.15) is 5.75 Å². The van der Waals surface area contributed by atoms with Crippen LogP contribution in [0.4, 0.5) is 0 Å². The van der Waals surface area contributed by atoms with Crippen LogP contribution >= 0.6 is 0 Å². The lowest BCUT2D eigenvalue weighted by Gasteiger charge is -2.15. The Hall–Kier alpha value is -2.20.